The van der Waals surface area contributed by atoms with Crippen molar-refractivity contribution in [2.24, 2.45) is 0 Å². The molecule has 1 aromatic carbocycles. The number of hydrogen-bond donors (Lipinski definition) is 2. The molecule has 1 fully saturated rings. The van der Waals surface area contributed by atoms with E-state index in [4.69, 9.17) is 5.11 Å². The average Bonchev–Trinajstić information content (AvgIpc) is 2.39. The van der Waals surface area contributed by atoms with Crippen LogP contribution in [0.4, 0.5) is 23.2 Å². The van der Waals surface area contributed by atoms with Gasteiger partial charge in [0.1, 0.15) is 12.4 Å². The largest absolute Gasteiger partial charge is 0.419 e. The van der Waals surface area contributed by atoms with Gasteiger partial charge in [-0.2, -0.15) is 13.2 Å². The Balaban J connectivity index is 1.85. The number of aliphatic hydroxyl groups is 1. The zero-order valence-electron chi connectivity index (χ0n) is 10.8. The monoisotopic (exact) mass is 293 g/mol. The standard InChI is InChI=1S/C13H16F4N2O/c14-10-1-3-11(4-2-10)19-7-5-18(6-8-19)9-12(20)13(15,16)17/h1-4,12,20H,5-9H2/p+1/t12-/m0/s1. The number of nitrogens with one attached hydrogen (secondary N) is 1. The minimum Gasteiger partial charge on any atom is -0.379 e. The van der Waals surface area contributed by atoms with Gasteiger partial charge in [0, 0.05) is 5.69 Å². The van der Waals surface area contributed by atoms with Crippen LogP contribution in [0.3, 0.4) is 0 Å². The molecule has 0 aliphatic carbocycles. The number of rotatable bonds is 3. The van der Waals surface area contributed by atoms with E-state index in [0.29, 0.717) is 26.2 Å². The van der Waals surface area contributed by atoms with Gasteiger partial charge in [-0.3, -0.25) is 0 Å². The molecule has 1 heterocycles. The highest BCUT2D eigenvalue weighted by Gasteiger charge is 2.41. The van der Waals surface area contributed by atoms with E-state index in [-0.39, 0.29) is 12.4 Å². The van der Waals surface area contributed by atoms with Crippen molar-refractivity contribution >= 4 is 5.69 Å². The lowest BCUT2D eigenvalue weighted by Gasteiger charge is -2.34. The Bertz CT molecular complexity index is 427. The molecule has 1 saturated heterocycles. The number of aliphatic hydroxyl groups excluding tert-OH is 1. The van der Waals surface area contributed by atoms with Crippen LogP contribution in [0.5, 0.6) is 0 Å². The number of piperazine rings is 1. The molecule has 2 rings (SSSR count). The van der Waals surface area contributed by atoms with Gasteiger partial charge >= 0.3 is 6.18 Å². The SMILES string of the molecule is O[C@@H](C[NH+]1CCN(c2ccc(F)cc2)CC1)C(F)(F)F. The molecule has 1 aliphatic heterocycles. The first-order valence-electron chi connectivity index (χ1n) is 6.45. The molecule has 0 spiro atoms. The molecule has 1 aliphatic rings. The summed E-state index contributed by atoms with van der Waals surface area (Å²) < 4.78 is 49.6. The Morgan fingerprint density at radius 1 is 1.15 bits per heavy atom. The highest BCUT2D eigenvalue weighted by Crippen LogP contribution is 2.19. The van der Waals surface area contributed by atoms with Crippen molar-refractivity contribution in [2.75, 3.05) is 37.6 Å². The highest BCUT2D eigenvalue weighted by atomic mass is 19.4. The Morgan fingerprint density at radius 2 is 1.70 bits per heavy atom. The predicted molar refractivity (Wildman–Crippen MR) is 66.2 cm³/mol. The van der Waals surface area contributed by atoms with Crippen LogP contribution in [-0.2, 0) is 0 Å². The second kappa shape index (κ2) is 5.97. The van der Waals surface area contributed by atoms with E-state index in [1.54, 1.807) is 12.1 Å². The van der Waals surface area contributed by atoms with E-state index in [1.807, 2.05) is 4.90 Å². The van der Waals surface area contributed by atoms with Gasteiger partial charge in [0.2, 0.25) is 0 Å². The third-order valence-electron chi connectivity index (χ3n) is 3.52. The molecule has 0 amide bonds. The molecule has 3 nitrogen and oxygen atoms in total. The van der Waals surface area contributed by atoms with E-state index in [2.05, 4.69) is 0 Å². The number of nitrogens with zero attached hydrogens (tertiary/aromatic N) is 1. The van der Waals surface area contributed by atoms with Crippen LogP contribution in [0.15, 0.2) is 24.3 Å². The maximum atomic E-state index is 12.8. The topological polar surface area (TPSA) is 27.9 Å². The van der Waals surface area contributed by atoms with E-state index in [1.165, 1.54) is 12.1 Å². The first-order chi connectivity index (χ1) is 9.36. The first kappa shape index (κ1) is 15.1. The number of alkyl halides is 3. The van der Waals surface area contributed by atoms with Gasteiger partial charge in [-0.25, -0.2) is 4.39 Å². The Hall–Kier alpha value is -1.34. The third-order valence-corrected chi connectivity index (χ3v) is 3.52. The van der Waals surface area contributed by atoms with Crippen molar-refractivity contribution < 1.29 is 27.6 Å². The van der Waals surface area contributed by atoms with Crippen molar-refractivity contribution in [3.8, 4) is 0 Å². The predicted octanol–water partition coefficient (Wildman–Crippen LogP) is 0.454. The summed E-state index contributed by atoms with van der Waals surface area (Å²) in [6.45, 7) is 1.90. The normalized spacial score (nSPS) is 19.1. The Morgan fingerprint density at radius 3 is 2.20 bits per heavy atom. The van der Waals surface area contributed by atoms with Gasteiger partial charge in [0.05, 0.1) is 26.2 Å². The van der Waals surface area contributed by atoms with Crippen LogP contribution in [0, 0.1) is 5.82 Å². The van der Waals surface area contributed by atoms with Gasteiger partial charge in [0.15, 0.2) is 6.10 Å². The Kier molecular flexibility index (Phi) is 4.49. The van der Waals surface area contributed by atoms with Crippen LogP contribution in [-0.4, -0.2) is 50.1 Å². The zero-order chi connectivity index (χ0) is 14.8. The van der Waals surface area contributed by atoms with Crippen LogP contribution >= 0.6 is 0 Å². The lowest BCUT2D eigenvalue weighted by Crippen LogP contribution is -3.16. The smallest absolute Gasteiger partial charge is 0.379 e. The fourth-order valence-corrected chi connectivity index (χ4v) is 2.33. The number of quaternary nitrogens is 1. The first-order valence-corrected chi connectivity index (χ1v) is 6.45. The van der Waals surface area contributed by atoms with Gasteiger partial charge in [-0.1, -0.05) is 0 Å². The molecular weight excluding hydrogens is 276 g/mol. The number of halogens is 4. The van der Waals surface area contributed by atoms with Gasteiger partial charge in [-0.05, 0) is 24.3 Å². The lowest BCUT2D eigenvalue weighted by molar-refractivity contribution is -0.905. The molecule has 0 bridgehead atoms. The molecule has 0 unspecified atom stereocenters. The summed E-state index contributed by atoms with van der Waals surface area (Å²) in [4.78, 5) is 2.73. The van der Waals surface area contributed by atoms with Crippen LogP contribution < -0.4 is 9.80 Å². The minimum atomic E-state index is -4.55. The van der Waals surface area contributed by atoms with Crippen molar-refractivity contribution in [1.29, 1.82) is 0 Å². The van der Waals surface area contributed by atoms with E-state index >= 15 is 0 Å². The lowest BCUT2D eigenvalue weighted by atomic mass is 10.2. The zero-order valence-corrected chi connectivity index (χ0v) is 10.8. The fourth-order valence-electron chi connectivity index (χ4n) is 2.33. The molecule has 0 saturated carbocycles. The van der Waals surface area contributed by atoms with Crippen LogP contribution in [0.2, 0.25) is 0 Å². The minimum absolute atomic E-state index is 0.314. The van der Waals surface area contributed by atoms with Crippen LogP contribution in [0.1, 0.15) is 0 Å². The molecule has 0 radical (unpaired) electrons. The van der Waals surface area contributed by atoms with Crippen molar-refractivity contribution in [2.45, 2.75) is 12.3 Å². The van der Waals surface area contributed by atoms with Gasteiger partial charge < -0.3 is 14.9 Å². The fraction of sp³-hybridized carbons (Fsp3) is 0.538. The van der Waals surface area contributed by atoms with E-state index < -0.39 is 12.3 Å². The summed E-state index contributed by atoms with van der Waals surface area (Å²) >= 11 is 0. The number of benzene rings is 1. The molecule has 112 valence electrons. The third kappa shape index (κ3) is 3.83. The maximum Gasteiger partial charge on any atom is 0.419 e. The summed E-state index contributed by atoms with van der Waals surface area (Å²) in [5.74, 6) is -0.314. The van der Waals surface area contributed by atoms with Crippen molar-refractivity contribution in [1.82, 2.24) is 0 Å². The van der Waals surface area contributed by atoms with Gasteiger partial charge in [0.25, 0.3) is 0 Å². The number of hydrogen-bond acceptors (Lipinski definition) is 2. The van der Waals surface area contributed by atoms with Gasteiger partial charge in [-0.15, -0.1) is 0 Å². The second-order valence-electron chi connectivity index (χ2n) is 4.97. The molecule has 1 atom stereocenters. The molecule has 0 aromatic heterocycles. The Labute approximate surface area is 114 Å². The molecule has 7 heteroatoms. The molecule has 2 N–H and O–H groups in total. The van der Waals surface area contributed by atoms with Crippen molar-refractivity contribution in [3.05, 3.63) is 30.1 Å². The maximum absolute atomic E-state index is 12.8. The summed E-state index contributed by atoms with van der Waals surface area (Å²) in [6.07, 6.45) is -6.82. The highest BCUT2D eigenvalue weighted by molar-refractivity contribution is 5.46. The molecular formula is C13H17F4N2O+. The van der Waals surface area contributed by atoms with Crippen molar-refractivity contribution in [3.63, 3.8) is 0 Å². The number of anilines is 1. The average molecular weight is 293 g/mol. The van der Waals surface area contributed by atoms with E-state index in [9.17, 15) is 17.6 Å². The molecule has 1 aromatic rings. The molecule has 20 heavy (non-hydrogen) atoms. The second-order valence-corrected chi connectivity index (χ2v) is 4.97. The summed E-state index contributed by atoms with van der Waals surface area (Å²) in [5, 5.41) is 9.05. The quantitative estimate of drug-likeness (QED) is 0.792. The van der Waals surface area contributed by atoms with E-state index in [0.717, 1.165) is 10.6 Å². The van der Waals surface area contributed by atoms with Crippen LogP contribution in [0.25, 0.3) is 0 Å². The summed E-state index contributed by atoms with van der Waals surface area (Å²) in [7, 11) is 0. The summed E-state index contributed by atoms with van der Waals surface area (Å²) in [6, 6.07) is 6.04. The summed E-state index contributed by atoms with van der Waals surface area (Å²) in [5.41, 5.74) is 0.863.